The van der Waals surface area contributed by atoms with Gasteiger partial charge in [-0.3, -0.25) is 10.1 Å². The van der Waals surface area contributed by atoms with Crippen molar-refractivity contribution in [2.45, 2.75) is 0 Å². The molecule has 1 aromatic heterocycles. The number of benzene rings is 1. The summed E-state index contributed by atoms with van der Waals surface area (Å²) < 4.78 is 5.35. The molecule has 3 rings (SSSR count). The number of hydrogen-bond acceptors (Lipinski definition) is 11. The zero-order chi connectivity index (χ0) is 20.1. The number of aromatic hydroxyl groups is 1. The molecular formula is C16H20N8O4. The summed E-state index contributed by atoms with van der Waals surface area (Å²) in [7, 11) is 3.64. The van der Waals surface area contributed by atoms with E-state index in [4.69, 9.17) is 4.74 Å². The Labute approximate surface area is 160 Å². The molecule has 0 amide bonds. The maximum atomic E-state index is 10.9. The number of aromatic nitrogens is 3. The highest BCUT2D eigenvalue weighted by Crippen LogP contribution is 2.25. The van der Waals surface area contributed by atoms with Gasteiger partial charge < -0.3 is 19.6 Å². The van der Waals surface area contributed by atoms with Gasteiger partial charge in [0.2, 0.25) is 17.8 Å². The fourth-order valence-electron chi connectivity index (χ4n) is 2.44. The molecule has 12 heteroatoms. The van der Waals surface area contributed by atoms with Crippen LogP contribution in [0.3, 0.4) is 0 Å². The van der Waals surface area contributed by atoms with Crippen LogP contribution in [0.15, 0.2) is 23.3 Å². The SMILES string of the molecule is CN(C)c1nc(N/N=C/c2ccc(O)c([N+](=O)[O-])c2)nc(N2CCOCC2)n1. The van der Waals surface area contributed by atoms with Crippen molar-refractivity contribution in [2.24, 2.45) is 5.10 Å². The topological polar surface area (TPSA) is 142 Å². The Morgan fingerprint density at radius 3 is 2.75 bits per heavy atom. The number of nitrogens with zero attached hydrogens (tertiary/aromatic N) is 7. The van der Waals surface area contributed by atoms with Gasteiger partial charge in [-0.25, -0.2) is 5.43 Å². The van der Waals surface area contributed by atoms with Crippen LogP contribution in [0.2, 0.25) is 0 Å². The number of phenolic OH excluding ortho intramolecular Hbond substituents is 1. The van der Waals surface area contributed by atoms with Crippen molar-refractivity contribution in [3.8, 4) is 5.75 Å². The summed E-state index contributed by atoms with van der Waals surface area (Å²) in [6.07, 6.45) is 1.37. The van der Waals surface area contributed by atoms with Crippen molar-refractivity contribution in [1.29, 1.82) is 0 Å². The molecule has 0 radical (unpaired) electrons. The summed E-state index contributed by atoms with van der Waals surface area (Å²) in [6.45, 7) is 2.56. The van der Waals surface area contributed by atoms with Crippen molar-refractivity contribution in [1.82, 2.24) is 15.0 Å². The van der Waals surface area contributed by atoms with Crippen LogP contribution in [0.1, 0.15) is 5.56 Å². The van der Waals surface area contributed by atoms with Gasteiger partial charge in [0.25, 0.3) is 0 Å². The minimum Gasteiger partial charge on any atom is -0.502 e. The van der Waals surface area contributed by atoms with Crippen LogP contribution < -0.4 is 15.2 Å². The first-order valence-corrected chi connectivity index (χ1v) is 8.46. The summed E-state index contributed by atoms with van der Waals surface area (Å²) >= 11 is 0. The number of nitro benzene ring substituents is 1. The first-order valence-electron chi connectivity index (χ1n) is 8.46. The lowest BCUT2D eigenvalue weighted by molar-refractivity contribution is -0.385. The maximum Gasteiger partial charge on any atom is 0.311 e. The van der Waals surface area contributed by atoms with E-state index in [2.05, 4.69) is 25.5 Å². The molecule has 0 unspecified atom stereocenters. The minimum absolute atomic E-state index is 0.240. The van der Waals surface area contributed by atoms with E-state index in [-0.39, 0.29) is 5.95 Å². The molecule has 0 spiro atoms. The molecule has 0 atom stereocenters. The molecule has 1 aromatic carbocycles. The van der Waals surface area contributed by atoms with E-state index in [0.717, 1.165) is 0 Å². The van der Waals surface area contributed by atoms with Crippen molar-refractivity contribution in [3.63, 3.8) is 0 Å². The van der Waals surface area contributed by atoms with Crippen LogP contribution in [0.4, 0.5) is 23.5 Å². The Hall–Kier alpha value is -3.54. The Bertz CT molecular complexity index is 883. The average Bonchev–Trinajstić information content (AvgIpc) is 2.69. The van der Waals surface area contributed by atoms with Gasteiger partial charge in [0.05, 0.1) is 24.4 Å². The van der Waals surface area contributed by atoms with Crippen LogP contribution >= 0.6 is 0 Å². The molecule has 1 aliphatic heterocycles. The number of phenols is 1. The minimum atomic E-state index is -0.663. The third kappa shape index (κ3) is 4.59. The standard InChI is InChI=1S/C16H20N8O4/c1-22(2)15-18-14(19-16(20-15)23-5-7-28-8-6-23)21-17-10-11-3-4-13(25)12(9-11)24(26)27/h3-4,9-10,25H,5-8H2,1-2H3,(H,18,19,20,21)/b17-10+. The van der Waals surface area contributed by atoms with Crippen LogP contribution in [0.5, 0.6) is 5.75 Å². The molecule has 1 aliphatic rings. The Morgan fingerprint density at radius 1 is 1.32 bits per heavy atom. The monoisotopic (exact) mass is 388 g/mol. The quantitative estimate of drug-likeness (QED) is 0.415. The third-order valence-corrected chi connectivity index (χ3v) is 3.88. The second kappa shape index (κ2) is 8.43. The molecule has 148 valence electrons. The summed E-state index contributed by atoms with van der Waals surface area (Å²) in [5.41, 5.74) is 2.76. The number of hydrogen-bond donors (Lipinski definition) is 2. The largest absolute Gasteiger partial charge is 0.502 e. The van der Waals surface area contributed by atoms with Gasteiger partial charge in [-0.1, -0.05) is 0 Å². The van der Waals surface area contributed by atoms with Gasteiger partial charge in [-0.05, 0) is 12.1 Å². The smallest absolute Gasteiger partial charge is 0.311 e. The molecule has 0 aliphatic carbocycles. The molecule has 2 heterocycles. The number of nitro groups is 1. The highest BCUT2D eigenvalue weighted by molar-refractivity contribution is 5.81. The normalized spacial score (nSPS) is 14.3. The van der Waals surface area contributed by atoms with Crippen molar-refractivity contribution in [2.75, 3.05) is 55.6 Å². The first kappa shape index (κ1) is 19.2. The van der Waals surface area contributed by atoms with Crippen LogP contribution in [0.25, 0.3) is 0 Å². The predicted molar refractivity (Wildman–Crippen MR) is 103 cm³/mol. The number of anilines is 3. The first-order chi connectivity index (χ1) is 13.4. The summed E-state index contributed by atoms with van der Waals surface area (Å²) in [5, 5.41) is 24.4. The van der Waals surface area contributed by atoms with Gasteiger partial charge >= 0.3 is 5.69 Å². The second-order valence-electron chi connectivity index (χ2n) is 6.13. The fourth-order valence-corrected chi connectivity index (χ4v) is 2.44. The molecular weight excluding hydrogens is 368 g/mol. The number of morpholine rings is 1. The maximum absolute atomic E-state index is 10.9. The zero-order valence-corrected chi connectivity index (χ0v) is 15.4. The van der Waals surface area contributed by atoms with Gasteiger partial charge in [-0.2, -0.15) is 20.1 Å². The third-order valence-electron chi connectivity index (χ3n) is 3.88. The van der Waals surface area contributed by atoms with Crippen LogP contribution in [0, 0.1) is 10.1 Å². The molecule has 1 fully saturated rings. The van der Waals surface area contributed by atoms with Gasteiger partial charge in [0.1, 0.15) is 0 Å². The molecule has 2 N–H and O–H groups in total. The number of ether oxygens (including phenoxy) is 1. The Kier molecular flexibility index (Phi) is 5.79. The van der Waals surface area contributed by atoms with Crippen molar-refractivity contribution in [3.05, 3.63) is 33.9 Å². The van der Waals surface area contributed by atoms with Gasteiger partial charge in [0, 0.05) is 38.8 Å². The van der Waals surface area contributed by atoms with E-state index < -0.39 is 16.4 Å². The average molecular weight is 388 g/mol. The predicted octanol–water partition coefficient (Wildman–Crippen LogP) is 0.834. The number of rotatable bonds is 6. The van der Waals surface area contributed by atoms with Crippen molar-refractivity contribution >= 4 is 29.7 Å². The van der Waals surface area contributed by atoms with Crippen molar-refractivity contribution < 1.29 is 14.8 Å². The second-order valence-corrected chi connectivity index (χ2v) is 6.13. The molecule has 2 aromatic rings. The molecule has 1 saturated heterocycles. The molecule has 0 bridgehead atoms. The highest BCUT2D eigenvalue weighted by atomic mass is 16.6. The Morgan fingerprint density at radius 2 is 2.07 bits per heavy atom. The van der Waals surface area contributed by atoms with E-state index in [1.54, 1.807) is 4.90 Å². The van der Waals surface area contributed by atoms with Gasteiger partial charge in [-0.15, -0.1) is 0 Å². The summed E-state index contributed by atoms with van der Waals surface area (Å²) in [4.78, 5) is 27.1. The molecule has 28 heavy (non-hydrogen) atoms. The van der Waals surface area contributed by atoms with Crippen LogP contribution in [-0.2, 0) is 4.74 Å². The lowest BCUT2D eigenvalue weighted by Gasteiger charge is -2.27. The molecule has 0 saturated carbocycles. The fraction of sp³-hybridized carbons (Fsp3) is 0.375. The number of hydrazone groups is 1. The van der Waals surface area contributed by atoms with E-state index >= 15 is 0 Å². The lowest BCUT2D eigenvalue weighted by Crippen LogP contribution is -2.37. The van der Waals surface area contributed by atoms with Gasteiger partial charge in [0.15, 0.2) is 5.75 Å². The molecule has 12 nitrogen and oxygen atoms in total. The lowest BCUT2D eigenvalue weighted by atomic mass is 10.2. The van der Waals surface area contributed by atoms with E-state index in [1.807, 2.05) is 19.0 Å². The van der Waals surface area contributed by atoms with Crippen LogP contribution in [-0.4, -0.2) is 71.6 Å². The van der Waals surface area contributed by atoms with E-state index in [0.29, 0.717) is 43.8 Å². The summed E-state index contributed by atoms with van der Waals surface area (Å²) in [5.74, 6) is 0.817. The Balaban J connectivity index is 1.79. The summed E-state index contributed by atoms with van der Waals surface area (Å²) in [6, 6.07) is 3.97. The highest BCUT2D eigenvalue weighted by Gasteiger charge is 2.17. The van der Waals surface area contributed by atoms with E-state index in [9.17, 15) is 15.2 Å². The number of nitrogens with one attached hydrogen (secondary N) is 1. The van der Waals surface area contributed by atoms with E-state index in [1.165, 1.54) is 24.4 Å². The zero-order valence-electron chi connectivity index (χ0n) is 15.4.